The number of ether oxygens (including phenoxy) is 2. The van der Waals surface area contributed by atoms with Gasteiger partial charge in [-0.25, -0.2) is 8.42 Å². The van der Waals surface area contributed by atoms with Gasteiger partial charge in [0.2, 0.25) is 0 Å². The number of benzene rings is 2. The van der Waals surface area contributed by atoms with Crippen molar-refractivity contribution in [2.24, 2.45) is 23.2 Å². The van der Waals surface area contributed by atoms with Crippen molar-refractivity contribution in [2.45, 2.75) is 67.6 Å². The average Bonchev–Trinajstić information content (AvgIpc) is 3.53. The van der Waals surface area contributed by atoms with Crippen LogP contribution in [0.25, 0.3) is 0 Å². The van der Waals surface area contributed by atoms with Crippen LogP contribution in [-0.2, 0) is 24.1 Å². The van der Waals surface area contributed by atoms with Gasteiger partial charge >= 0.3 is 5.97 Å². The Balaban J connectivity index is 1.50. The van der Waals surface area contributed by atoms with Crippen LogP contribution in [-0.4, -0.2) is 27.6 Å². The molecule has 2 aromatic carbocycles. The summed E-state index contributed by atoms with van der Waals surface area (Å²) in [5.41, 5.74) is 2.03. The van der Waals surface area contributed by atoms with E-state index in [2.05, 4.69) is 13.0 Å². The fraction of sp³-hybridized carbons (Fsp3) is 0.536. The Morgan fingerprint density at radius 3 is 2.50 bits per heavy atom. The smallest absolute Gasteiger partial charge is 0.302 e. The minimum absolute atomic E-state index is 0.0722. The van der Waals surface area contributed by atoms with Crippen LogP contribution in [0.5, 0.6) is 5.75 Å². The van der Waals surface area contributed by atoms with Gasteiger partial charge in [0.15, 0.2) is 9.84 Å². The Kier molecular flexibility index (Phi) is 4.77. The number of rotatable bonds is 4. The number of sulfone groups is 1. The van der Waals surface area contributed by atoms with E-state index in [0.29, 0.717) is 28.9 Å². The first-order valence-corrected chi connectivity index (χ1v) is 13.9. The van der Waals surface area contributed by atoms with Crippen molar-refractivity contribution in [3.8, 4) is 5.75 Å². The SMILES string of the molecule is COc1ccc2c(c1)[C@@]1(S(=O)(=O)c3ccccc3)C[C@H]1[C@@H]1[C@@H]2CC[C@]2(C)[C@@H](OC(C)=O)CC[C@@H]12. The molecule has 6 rings (SSSR count). The molecule has 0 unspecified atom stereocenters. The van der Waals surface area contributed by atoms with Crippen molar-refractivity contribution >= 4 is 15.8 Å². The summed E-state index contributed by atoms with van der Waals surface area (Å²) in [5, 5.41) is 0. The lowest BCUT2D eigenvalue weighted by molar-refractivity contribution is -0.155. The number of esters is 1. The highest BCUT2D eigenvalue weighted by Crippen LogP contribution is 2.75. The third-order valence-electron chi connectivity index (χ3n) is 9.63. The molecule has 34 heavy (non-hydrogen) atoms. The van der Waals surface area contributed by atoms with Crippen LogP contribution in [0.1, 0.15) is 63.0 Å². The molecule has 4 aliphatic rings. The predicted octanol–water partition coefficient (Wildman–Crippen LogP) is 5.24. The van der Waals surface area contributed by atoms with E-state index in [1.54, 1.807) is 31.4 Å². The number of hydrogen-bond donors (Lipinski definition) is 0. The maximum atomic E-state index is 14.3. The summed E-state index contributed by atoms with van der Waals surface area (Å²) < 4.78 is 39.0. The second-order valence-corrected chi connectivity index (χ2v) is 13.2. The molecular formula is C28H32O5S. The Hall–Kier alpha value is -2.34. The number of carbonyl (C=O) groups excluding carboxylic acids is 1. The number of hydrogen-bond acceptors (Lipinski definition) is 5. The molecule has 0 saturated heterocycles. The van der Waals surface area contributed by atoms with E-state index in [9.17, 15) is 13.2 Å². The molecule has 0 amide bonds. The molecule has 6 heteroatoms. The van der Waals surface area contributed by atoms with Crippen molar-refractivity contribution in [1.29, 1.82) is 0 Å². The molecule has 3 fully saturated rings. The standard InChI is InChI=1S/C28H32O5S/c1-17(29)33-25-12-11-22-26-21(13-14-27(22,25)2)20-10-9-18(32-3)15-23(20)28(16-24(26)28)34(30,31)19-7-5-4-6-8-19/h4-10,15,21-22,24-26H,11-14,16H2,1-3H3/t21-,22+,24+,25+,26-,27+,28+/m1/s1. The van der Waals surface area contributed by atoms with E-state index >= 15 is 0 Å². The van der Waals surface area contributed by atoms with Crippen molar-refractivity contribution in [3.63, 3.8) is 0 Å². The fourth-order valence-corrected chi connectivity index (χ4v) is 10.5. The summed E-state index contributed by atoms with van der Waals surface area (Å²) in [4.78, 5) is 12.2. The third kappa shape index (κ3) is 2.78. The first-order chi connectivity index (χ1) is 16.2. The normalized spacial score (nSPS) is 37.6. The molecule has 0 N–H and O–H groups in total. The van der Waals surface area contributed by atoms with E-state index in [4.69, 9.17) is 9.47 Å². The molecule has 0 aromatic heterocycles. The highest BCUT2D eigenvalue weighted by molar-refractivity contribution is 7.92. The van der Waals surface area contributed by atoms with Crippen LogP contribution in [0.2, 0.25) is 0 Å². The molecule has 180 valence electrons. The predicted molar refractivity (Wildman–Crippen MR) is 128 cm³/mol. The Bertz CT molecular complexity index is 1250. The van der Waals surface area contributed by atoms with Crippen LogP contribution < -0.4 is 4.74 Å². The van der Waals surface area contributed by atoms with Crippen molar-refractivity contribution in [1.82, 2.24) is 0 Å². The van der Waals surface area contributed by atoms with Gasteiger partial charge in [-0.05, 0) is 91.2 Å². The quantitative estimate of drug-likeness (QED) is 0.560. The topological polar surface area (TPSA) is 69.7 Å². The maximum Gasteiger partial charge on any atom is 0.302 e. The summed E-state index contributed by atoms with van der Waals surface area (Å²) in [7, 11) is -1.96. The average molecular weight is 481 g/mol. The van der Waals surface area contributed by atoms with Gasteiger partial charge in [0, 0.05) is 12.3 Å². The maximum absolute atomic E-state index is 14.3. The van der Waals surface area contributed by atoms with Crippen LogP contribution in [0.15, 0.2) is 53.4 Å². The van der Waals surface area contributed by atoms with E-state index in [-0.39, 0.29) is 29.3 Å². The zero-order valence-electron chi connectivity index (χ0n) is 20.0. The third-order valence-corrected chi connectivity index (χ3v) is 12.2. The minimum atomic E-state index is -3.60. The van der Waals surface area contributed by atoms with Crippen LogP contribution >= 0.6 is 0 Å². The first kappa shape index (κ1) is 22.1. The molecular weight excluding hydrogens is 448 g/mol. The molecule has 0 spiro atoms. The largest absolute Gasteiger partial charge is 0.497 e. The summed E-state index contributed by atoms with van der Waals surface area (Å²) in [5.74, 6) is 1.52. The van der Waals surface area contributed by atoms with E-state index < -0.39 is 14.6 Å². The Morgan fingerprint density at radius 2 is 1.79 bits per heavy atom. The number of fused-ring (bicyclic) bond motifs is 8. The highest BCUT2D eigenvalue weighted by Gasteiger charge is 2.74. The molecule has 0 heterocycles. The molecule has 0 bridgehead atoms. The van der Waals surface area contributed by atoms with E-state index in [0.717, 1.165) is 31.2 Å². The lowest BCUT2D eigenvalue weighted by Gasteiger charge is -2.51. The van der Waals surface area contributed by atoms with Crippen molar-refractivity contribution < 1.29 is 22.7 Å². The lowest BCUT2D eigenvalue weighted by atomic mass is 9.55. The summed E-state index contributed by atoms with van der Waals surface area (Å²) in [6.45, 7) is 3.76. The minimum Gasteiger partial charge on any atom is -0.497 e. The van der Waals surface area contributed by atoms with Gasteiger partial charge in [-0.15, -0.1) is 0 Å². The zero-order valence-corrected chi connectivity index (χ0v) is 20.8. The van der Waals surface area contributed by atoms with Gasteiger partial charge < -0.3 is 9.47 Å². The summed E-state index contributed by atoms with van der Waals surface area (Å²) in [6, 6.07) is 15.0. The highest BCUT2D eigenvalue weighted by atomic mass is 32.2. The fourth-order valence-electron chi connectivity index (χ4n) is 8.10. The van der Waals surface area contributed by atoms with Gasteiger partial charge in [-0.2, -0.15) is 0 Å². The number of carbonyl (C=O) groups is 1. The van der Waals surface area contributed by atoms with Gasteiger partial charge in [0.25, 0.3) is 0 Å². The number of methoxy groups -OCH3 is 1. The van der Waals surface area contributed by atoms with Crippen LogP contribution in [0, 0.1) is 23.2 Å². The second kappa shape index (κ2) is 7.33. The zero-order chi connectivity index (χ0) is 23.9. The van der Waals surface area contributed by atoms with Crippen LogP contribution in [0.4, 0.5) is 0 Å². The second-order valence-electron chi connectivity index (χ2n) is 11.0. The Morgan fingerprint density at radius 1 is 1.03 bits per heavy atom. The van der Waals surface area contributed by atoms with Gasteiger partial charge in [0.1, 0.15) is 16.6 Å². The van der Waals surface area contributed by atoms with Crippen molar-refractivity contribution in [2.75, 3.05) is 7.11 Å². The summed E-state index contributed by atoms with van der Waals surface area (Å²) >= 11 is 0. The molecule has 4 aliphatic carbocycles. The van der Waals surface area contributed by atoms with E-state index in [1.807, 2.05) is 18.2 Å². The molecule has 0 radical (unpaired) electrons. The Labute approximate surface area is 201 Å². The molecule has 2 aromatic rings. The van der Waals surface area contributed by atoms with Crippen molar-refractivity contribution in [3.05, 3.63) is 59.7 Å². The van der Waals surface area contributed by atoms with E-state index in [1.165, 1.54) is 12.5 Å². The lowest BCUT2D eigenvalue weighted by Crippen LogP contribution is -2.47. The first-order valence-electron chi connectivity index (χ1n) is 12.4. The molecule has 7 atom stereocenters. The van der Waals surface area contributed by atoms with Gasteiger partial charge in [-0.1, -0.05) is 31.2 Å². The monoisotopic (exact) mass is 480 g/mol. The molecule has 3 saturated carbocycles. The van der Waals surface area contributed by atoms with Gasteiger partial charge in [-0.3, -0.25) is 4.79 Å². The molecule has 5 nitrogen and oxygen atoms in total. The van der Waals surface area contributed by atoms with Crippen LogP contribution in [0.3, 0.4) is 0 Å². The molecule has 0 aliphatic heterocycles. The van der Waals surface area contributed by atoms with Gasteiger partial charge in [0.05, 0.1) is 12.0 Å². The summed E-state index contributed by atoms with van der Waals surface area (Å²) in [6.07, 6.45) is 4.41.